The van der Waals surface area contributed by atoms with Crippen molar-refractivity contribution in [2.75, 3.05) is 0 Å². The fourth-order valence-corrected chi connectivity index (χ4v) is 2.37. The minimum atomic E-state index is -0.330. The molecule has 8 heteroatoms. The molecule has 2 aromatic carbocycles. The summed E-state index contributed by atoms with van der Waals surface area (Å²) in [4.78, 5) is 20.5. The lowest BCUT2D eigenvalue weighted by Crippen LogP contribution is -2.15. The van der Waals surface area contributed by atoms with Gasteiger partial charge in [-0.15, -0.1) is 10.2 Å². The van der Waals surface area contributed by atoms with Crippen LogP contribution >= 0.6 is 0 Å². The van der Waals surface area contributed by atoms with Gasteiger partial charge in [0, 0.05) is 5.56 Å². The smallest absolute Gasteiger partial charge is 0.258 e. The molecular weight excluding hydrogens is 311 g/mol. The number of aromatic nitrogens is 6. The van der Waals surface area contributed by atoms with Gasteiger partial charge in [0.1, 0.15) is 18.2 Å². The van der Waals surface area contributed by atoms with Crippen LogP contribution in [0.3, 0.4) is 0 Å². The largest absolute Gasteiger partial charge is 0.308 e. The number of H-pyrrole nitrogens is 1. The van der Waals surface area contributed by atoms with Crippen LogP contribution in [0.2, 0.25) is 0 Å². The van der Waals surface area contributed by atoms with Crippen LogP contribution in [-0.2, 0) is 6.54 Å². The second-order valence-electron chi connectivity index (χ2n) is 5.18. The van der Waals surface area contributed by atoms with E-state index in [0.717, 1.165) is 0 Å². The fourth-order valence-electron chi connectivity index (χ4n) is 2.37. The zero-order valence-electron chi connectivity index (χ0n) is 12.3. The van der Waals surface area contributed by atoms with Gasteiger partial charge in [0.05, 0.1) is 10.9 Å². The van der Waals surface area contributed by atoms with Crippen LogP contribution in [0, 0.1) is 5.82 Å². The molecule has 0 unspecified atom stereocenters. The molecule has 0 aliphatic carbocycles. The Kier molecular flexibility index (Phi) is 3.34. The molecule has 0 fully saturated rings. The number of rotatable bonds is 3. The van der Waals surface area contributed by atoms with Crippen LogP contribution in [0.1, 0.15) is 5.82 Å². The van der Waals surface area contributed by atoms with Gasteiger partial charge in [-0.3, -0.25) is 4.79 Å². The third-order valence-electron chi connectivity index (χ3n) is 3.51. The molecular formula is C16H11FN6O. The van der Waals surface area contributed by atoms with E-state index in [4.69, 9.17) is 0 Å². The first-order valence-corrected chi connectivity index (χ1v) is 7.21. The molecule has 2 aromatic heterocycles. The van der Waals surface area contributed by atoms with Gasteiger partial charge in [-0.25, -0.2) is 9.37 Å². The number of tetrazole rings is 1. The third kappa shape index (κ3) is 2.65. The summed E-state index contributed by atoms with van der Waals surface area (Å²) in [5, 5.41) is 12.6. The highest BCUT2D eigenvalue weighted by atomic mass is 19.1. The van der Waals surface area contributed by atoms with Crippen molar-refractivity contribution in [3.8, 4) is 11.4 Å². The summed E-state index contributed by atoms with van der Waals surface area (Å²) in [6.07, 6.45) is 0. The maximum atomic E-state index is 13.0. The number of hydrogen-bond donors (Lipinski definition) is 1. The Morgan fingerprint density at radius 3 is 2.71 bits per heavy atom. The SMILES string of the molecule is O=c1[nH]c(Cn2nnc(-c3ccc(F)cc3)n2)nc2ccccc12. The summed E-state index contributed by atoms with van der Waals surface area (Å²) in [6, 6.07) is 12.9. The van der Waals surface area contributed by atoms with Crippen LogP contribution < -0.4 is 5.56 Å². The van der Waals surface area contributed by atoms with Crippen molar-refractivity contribution in [3.05, 3.63) is 70.5 Å². The molecule has 0 saturated carbocycles. The summed E-state index contributed by atoms with van der Waals surface area (Å²) >= 11 is 0. The molecule has 118 valence electrons. The maximum Gasteiger partial charge on any atom is 0.258 e. The van der Waals surface area contributed by atoms with E-state index in [9.17, 15) is 9.18 Å². The van der Waals surface area contributed by atoms with Gasteiger partial charge in [0.2, 0.25) is 5.82 Å². The Morgan fingerprint density at radius 2 is 1.88 bits per heavy atom. The van der Waals surface area contributed by atoms with Crippen LogP contribution in [0.15, 0.2) is 53.3 Å². The second-order valence-corrected chi connectivity index (χ2v) is 5.18. The van der Waals surface area contributed by atoms with Gasteiger partial charge in [-0.05, 0) is 41.6 Å². The maximum absolute atomic E-state index is 13.0. The van der Waals surface area contributed by atoms with Crippen molar-refractivity contribution < 1.29 is 4.39 Å². The molecule has 7 nitrogen and oxygen atoms in total. The molecule has 0 amide bonds. The van der Waals surface area contributed by atoms with E-state index in [1.165, 1.54) is 16.9 Å². The molecule has 0 atom stereocenters. The van der Waals surface area contributed by atoms with E-state index in [2.05, 4.69) is 25.4 Å². The molecule has 1 N–H and O–H groups in total. The number of benzene rings is 2. The van der Waals surface area contributed by atoms with Crippen molar-refractivity contribution in [2.45, 2.75) is 6.54 Å². The molecule has 0 aliphatic rings. The third-order valence-corrected chi connectivity index (χ3v) is 3.51. The van der Waals surface area contributed by atoms with Gasteiger partial charge in [-0.2, -0.15) is 4.80 Å². The quantitative estimate of drug-likeness (QED) is 0.621. The standard InChI is InChI=1S/C16H11FN6O/c17-11-7-5-10(6-8-11)15-20-22-23(21-15)9-14-18-13-4-2-1-3-12(13)16(24)19-14/h1-8H,9H2,(H,18,19,24). The molecule has 24 heavy (non-hydrogen) atoms. The van der Waals surface area contributed by atoms with Gasteiger partial charge < -0.3 is 4.98 Å². The Labute approximate surface area is 134 Å². The zero-order chi connectivity index (χ0) is 16.5. The zero-order valence-corrected chi connectivity index (χ0v) is 12.3. The first kappa shape index (κ1) is 14.2. The molecule has 0 radical (unpaired) electrons. The van der Waals surface area contributed by atoms with Crippen molar-refractivity contribution in [3.63, 3.8) is 0 Å². The Bertz CT molecular complexity index is 1070. The number of nitrogens with zero attached hydrogens (tertiary/aromatic N) is 5. The second kappa shape index (κ2) is 5.65. The summed E-state index contributed by atoms with van der Waals surface area (Å²) < 4.78 is 13.0. The van der Waals surface area contributed by atoms with Crippen molar-refractivity contribution >= 4 is 10.9 Å². The van der Waals surface area contributed by atoms with Gasteiger partial charge >= 0.3 is 0 Å². The predicted octanol–water partition coefficient (Wildman–Crippen LogP) is 1.76. The lowest BCUT2D eigenvalue weighted by atomic mass is 10.2. The Hall–Kier alpha value is -3.42. The summed E-state index contributed by atoms with van der Waals surface area (Å²) in [5.74, 6) is 0.476. The summed E-state index contributed by atoms with van der Waals surface area (Å²) in [5.41, 5.74) is 1.05. The Morgan fingerprint density at radius 1 is 1.08 bits per heavy atom. The number of hydrogen-bond acceptors (Lipinski definition) is 5. The Balaban J connectivity index is 1.64. The monoisotopic (exact) mass is 322 g/mol. The number of nitrogens with one attached hydrogen (secondary N) is 1. The number of halogens is 1. The molecule has 0 aliphatic heterocycles. The number of para-hydroxylation sites is 1. The summed E-state index contributed by atoms with van der Waals surface area (Å²) in [6.45, 7) is 0.175. The first-order chi connectivity index (χ1) is 11.7. The highest BCUT2D eigenvalue weighted by Crippen LogP contribution is 2.14. The first-order valence-electron chi connectivity index (χ1n) is 7.21. The minimum absolute atomic E-state index is 0.175. The molecule has 0 spiro atoms. The van der Waals surface area contributed by atoms with E-state index < -0.39 is 0 Å². The lowest BCUT2D eigenvalue weighted by molar-refractivity contribution is 0.555. The minimum Gasteiger partial charge on any atom is -0.308 e. The average molecular weight is 322 g/mol. The van der Waals surface area contributed by atoms with Crippen LogP contribution in [-0.4, -0.2) is 30.2 Å². The predicted molar refractivity (Wildman–Crippen MR) is 84.7 cm³/mol. The van der Waals surface area contributed by atoms with Gasteiger partial charge in [0.15, 0.2) is 0 Å². The molecule has 4 rings (SSSR count). The highest BCUT2D eigenvalue weighted by molar-refractivity contribution is 5.77. The van der Waals surface area contributed by atoms with Crippen molar-refractivity contribution in [1.82, 2.24) is 30.2 Å². The van der Waals surface area contributed by atoms with E-state index >= 15 is 0 Å². The topological polar surface area (TPSA) is 89.4 Å². The molecule has 0 saturated heterocycles. The molecule has 2 heterocycles. The van der Waals surface area contributed by atoms with Gasteiger partial charge in [0.25, 0.3) is 5.56 Å². The number of aromatic amines is 1. The normalized spacial score (nSPS) is 11.0. The average Bonchev–Trinajstić information content (AvgIpc) is 3.04. The number of fused-ring (bicyclic) bond motifs is 1. The highest BCUT2D eigenvalue weighted by Gasteiger charge is 2.09. The molecule has 0 bridgehead atoms. The van der Waals surface area contributed by atoms with Crippen LogP contribution in [0.5, 0.6) is 0 Å². The van der Waals surface area contributed by atoms with E-state index in [0.29, 0.717) is 28.1 Å². The van der Waals surface area contributed by atoms with Gasteiger partial charge in [-0.1, -0.05) is 12.1 Å². The molecule has 4 aromatic rings. The summed E-state index contributed by atoms with van der Waals surface area (Å²) in [7, 11) is 0. The van der Waals surface area contributed by atoms with Crippen molar-refractivity contribution in [2.24, 2.45) is 0 Å². The van der Waals surface area contributed by atoms with E-state index in [-0.39, 0.29) is 17.9 Å². The van der Waals surface area contributed by atoms with E-state index in [1.807, 2.05) is 6.07 Å². The van der Waals surface area contributed by atoms with Crippen LogP contribution in [0.25, 0.3) is 22.3 Å². The van der Waals surface area contributed by atoms with Crippen LogP contribution in [0.4, 0.5) is 4.39 Å². The van der Waals surface area contributed by atoms with E-state index in [1.54, 1.807) is 30.3 Å². The fraction of sp³-hybridized carbons (Fsp3) is 0.0625. The van der Waals surface area contributed by atoms with Crippen molar-refractivity contribution in [1.29, 1.82) is 0 Å². The lowest BCUT2D eigenvalue weighted by Gasteiger charge is -2.01.